The highest BCUT2D eigenvalue weighted by molar-refractivity contribution is 5.94. The van der Waals surface area contributed by atoms with E-state index in [1.54, 1.807) is 29.7 Å². The van der Waals surface area contributed by atoms with E-state index in [0.717, 1.165) is 18.7 Å². The molecule has 168 valence electrons. The smallest absolute Gasteiger partial charge is 0.343 e. The number of hydrogen-bond donors (Lipinski definition) is 0. The summed E-state index contributed by atoms with van der Waals surface area (Å²) in [6.07, 6.45) is 1.44. The van der Waals surface area contributed by atoms with Crippen LogP contribution in [0.3, 0.4) is 0 Å². The molecule has 4 rings (SSSR count). The van der Waals surface area contributed by atoms with Crippen molar-refractivity contribution in [3.63, 3.8) is 0 Å². The van der Waals surface area contributed by atoms with Crippen molar-refractivity contribution in [2.75, 3.05) is 44.7 Å². The van der Waals surface area contributed by atoms with Crippen LogP contribution in [0.2, 0.25) is 0 Å². The van der Waals surface area contributed by atoms with Crippen molar-refractivity contribution in [2.45, 2.75) is 13.5 Å². The van der Waals surface area contributed by atoms with Crippen molar-refractivity contribution in [3.8, 4) is 0 Å². The summed E-state index contributed by atoms with van der Waals surface area (Å²) >= 11 is 0. The molecule has 0 atom stereocenters. The lowest BCUT2D eigenvalue weighted by Gasteiger charge is -2.34. The quantitative estimate of drug-likeness (QED) is 0.569. The molecule has 1 aliphatic rings. The second-order valence-corrected chi connectivity index (χ2v) is 7.96. The Morgan fingerprint density at radius 3 is 2.41 bits per heavy atom. The minimum absolute atomic E-state index is 0.105. The zero-order valence-electron chi connectivity index (χ0n) is 18.1. The van der Waals surface area contributed by atoms with E-state index in [0.29, 0.717) is 24.3 Å². The van der Waals surface area contributed by atoms with Crippen LogP contribution in [-0.2, 0) is 11.3 Å². The number of likely N-dealkylation sites (N-methyl/N-ethyl adjacent to an activating group) is 1. The van der Waals surface area contributed by atoms with E-state index in [1.165, 1.54) is 24.4 Å². The van der Waals surface area contributed by atoms with Crippen LogP contribution in [0, 0.1) is 11.6 Å². The Labute approximate surface area is 184 Å². The van der Waals surface area contributed by atoms with E-state index in [2.05, 4.69) is 4.90 Å². The topological polar surface area (TPSA) is 54.8 Å². The molecule has 0 bridgehead atoms. The van der Waals surface area contributed by atoms with Crippen molar-refractivity contribution < 1.29 is 18.3 Å². The van der Waals surface area contributed by atoms with Gasteiger partial charge in [0.15, 0.2) is 0 Å². The number of piperazine rings is 1. The second-order valence-electron chi connectivity index (χ2n) is 7.96. The van der Waals surface area contributed by atoms with Gasteiger partial charge in [-0.25, -0.2) is 13.6 Å². The summed E-state index contributed by atoms with van der Waals surface area (Å²) in [5, 5.41) is 0.105. The summed E-state index contributed by atoms with van der Waals surface area (Å²) in [7, 11) is 2.02. The first-order chi connectivity index (χ1) is 15.4. The molecule has 32 heavy (non-hydrogen) atoms. The van der Waals surface area contributed by atoms with E-state index in [-0.39, 0.29) is 29.9 Å². The Kier molecular flexibility index (Phi) is 6.23. The van der Waals surface area contributed by atoms with Gasteiger partial charge in [0.2, 0.25) is 5.43 Å². The highest BCUT2D eigenvalue weighted by atomic mass is 19.1. The third-order valence-electron chi connectivity index (χ3n) is 5.75. The number of ether oxygens (including phenoxy) is 1. The van der Waals surface area contributed by atoms with Crippen LogP contribution in [0.25, 0.3) is 10.9 Å². The molecule has 0 amide bonds. The van der Waals surface area contributed by atoms with E-state index in [9.17, 15) is 14.0 Å². The Bertz CT molecular complexity index is 1200. The molecule has 0 saturated carbocycles. The molecule has 1 aromatic heterocycles. The molecule has 0 aliphatic carbocycles. The molecule has 8 heteroatoms. The largest absolute Gasteiger partial charge is 0.462 e. The summed E-state index contributed by atoms with van der Waals surface area (Å²) < 4.78 is 35.2. The monoisotopic (exact) mass is 441 g/mol. The van der Waals surface area contributed by atoms with Crippen LogP contribution in [-0.4, -0.2) is 55.3 Å². The fourth-order valence-corrected chi connectivity index (χ4v) is 3.96. The Balaban J connectivity index is 1.87. The van der Waals surface area contributed by atoms with Gasteiger partial charge >= 0.3 is 5.97 Å². The maximum Gasteiger partial charge on any atom is 0.343 e. The van der Waals surface area contributed by atoms with Crippen molar-refractivity contribution in [1.82, 2.24) is 9.47 Å². The molecule has 1 fully saturated rings. The third-order valence-corrected chi connectivity index (χ3v) is 5.75. The number of halogens is 2. The highest BCUT2D eigenvalue weighted by Gasteiger charge is 2.22. The van der Waals surface area contributed by atoms with Gasteiger partial charge in [0.1, 0.15) is 17.2 Å². The van der Waals surface area contributed by atoms with Crippen molar-refractivity contribution in [1.29, 1.82) is 0 Å². The summed E-state index contributed by atoms with van der Waals surface area (Å²) in [5.74, 6) is -1.62. The molecule has 3 aromatic rings. The van der Waals surface area contributed by atoms with Crippen LogP contribution in [0.4, 0.5) is 14.5 Å². The molecule has 1 saturated heterocycles. The van der Waals surface area contributed by atoms with Crippen LogP contribution in [0.1, 0.15) is 22.8 Å². The summed E-state index contributed by atoms with van der Waals surface area (Å²) in [6, 6.07) is 8.83. The lowest BCUT2D eigenvalue weighted by atomic mass is 10.1. The number of esters is 1. The van der Waals surface area contributed by atoms with Gasteiger partial charge in [-0.15, -0.1) is 0 Å². The number of anilines is 1. The van der Waals surface area contributed by atoms with Crippen LogP contribution >= 0.6 is 0 Å². The van der Waals surface area contributed by atoms with Crippen LogP contribution in [0.5, 0.6) is 0 Å². The van der Waals surface area contributed by atoms with Crippen molar-refractivity contribution >= 4 is 22.6 Å². The van der Waals surface area contributed by atoms with E-state index in [1.807, 2.05) is 11.9 Å². The van der Waals surface area contributed by atoms with Gasteiger partial charge in [-0.2, -0.15) is 0 Å². The molecule has 0 spiro atoms. The molecule has 1 aliphatic heterocycles. The van der Waals surface area contributed by atoms with Crippen molar-refractivity contribution in [3.05, 3.63) is 75.6 Å². The standard InChI is InChI=1S/C24H25F2N3O3/c1-3-32-24(31)19-15-29(14-16-4-6-17(25)7-5-16)21-13-22(20(26)12-18(21)23(19)30)28-10-8-27(2)9-11-28/h4-7,12-13,15H,3,8-11,14H2,1-2H3. The maximum absolute atomic E-state index is 15.1. The first-order valence-corrected chi connectivity index (χ1v) is 10.6. The molecule has 0 unspecified atom stereocenters. The van der Waals surface area contributed by atoms with Crippen LogP contribution in [0.15, 0.2) is 47.4 Å². The van der Waals surface area contributed by atoms with Crippen LogP contribution < -0.4 is 10.3 Å². The average Bonchev–Trinajstić information content (AvgIpc) is 2.78. The Morgan fingerprint density at radius 1 is 1.06 bits per heavy atom. The number of aromatic nitrogens is 1. The fraction of sp³-hybridized carbons (Fsp3) is 0.333. The second kappa shape index (κ2) is 9.08. The molecule has 6 nitrogen and oxygen atoms in total. The molecule has 2 heterocycles. The van der Waals surface area contributed by atoms with Gasteiger partial charge in [0.25, 0.3) is 0 Å². The zero-order chi connectivity index (χ0) is 22.8. The first-order valence-electron chi connectivity index (χ1n) is 10.6. The molecular formula is C24H25F2N3O3. The third kappa shape index (κ3) is 4.36. The normalized spacial score (nSPS) is 14.7. The predicted molar refractivity (Wildman–Crippen MR) is 119 cm³/mol. The molecule has 2 aromatic carbocycles. The van der Waals surface area contributed by atoms with Gasteiger partial charge in [0, 0.05) is 44.3 Å². The van der Waals surface area contributed by atoms with Gasteiger partial charge in [-0.05, 0) is 43.8 Å². The fourth-order valence-electron chi connectivity index (χ4n) is 3.96. The van der Waals surface area contributed by atoms with Gasteiger partial charge < -0.3 is 19.1 Å². The number of carbonyl (C=O) groups is 1. The number of hydrogen-bond acceptors (Lipinski definition) is 5. The first kappa shape index (κ1) is 22.0. The van der Waals surface area contributed by atoms with E-state index < -0.39 is 17.2 Å². The summed E-state index contributed by atoms with van der Waals surface area (Å²) in [6.45, 7) is 4.99. The SMILES string of the molecule is CCOC(=O)c1cn(Cc2ccc(F)cc2)c2cc(N3CCN(C)CC3)c(F)cc2c1=O. The summed E-state index contributed by atoms with van der Waals surface area (Å²) in [4.78, 5) is 29.6. The summed E-state index contributed by atoms with van der Waals surface area (Å²) in [5.41, 5.74) is 0.965. The molecular weight excluding hydrogens is 416 g/mol. The zero-order valence-corrected chi connectivity index (χ0v) is 18.1. The highest BCUT2D eigenvalue weighted by Crippen LogP contribution is 2.27. The minimum atomic E-state index is -0.754. The Hall–Kier alpha value is -3.26. The van der Waals surface area contributed by atoms with Crippen molar-refractivity contribution in [2.24, 2.45) is 0 Å². The molecule has 0 radical (unpaired) electrons. The van der Waals surface area contributed by atoms with E-state index >= 15 is 4.39 Å². The minimum Gasteiger partial charge on any atom is -0.462 e. The molecule has 0 N–H and O–H groups in total. The number of carbonyl (C=O) groups excluding carboxylic acids is 1. The number of rotatable bonds is 5. The number of nitrogens with zero attached hydrogens (tertiary/aromatic N) is 3. The lowest BCUT2D eigenvalue weighted by molar-refractivity contribution is 0.0524. The van der Waals surface area contributed by atoms with E-state index in [4.69, 9.17) is 4.74 Å². The predicted octanol–water partition coefficient (Wildman–Crippen LogP) is 3.26. The number of pyridine rings is 1. The van der Waals surface area contributed by atoms with Gasteiger partial charge in [0.05, 0.1) is 17.8 Å². The van der Waals surface area contributed by atoms with Gasteiger partial charge in [-0.3, -0.25) is 4.79 Å². The number of benzene rings is 2. The average molecular weight is 441 g/mol. The Morgan fingerprint density at radius 2 is 1.75 bits per heavy atom. The van der Waals surface area contributed by atoms with Gasteiger partial charge in [-0.1, -0.05) is 12.1 Å². The maximum atomic E-state index is 15.1. The lowest BCUT2D eigenvalue weighted by Crippen LogP contribution is -2.44. The number of fused-ring (bicyclic) bond motifs is 1.